The van der Waals surface area contributed by atoms with Crippen molar-refractivity contribution in [3.63, 3.8) is 0 Å². The van der Waals surface area contributed by atoms with Crippen LogP contribution in [-0.4, -0.2) is 55.0 Å². The number of piperazine rings is 1. The van der Waals surface area contributed by atoms with Gasteiger partial charge in [-0.15, -0.1) is 0 Å². The Morgan fingerprint density at radius 2 is 1.30 bits per heavy atom. The summed E-state index contributed by atoms with van der Waals surface area (Å²) in [7, 11) is -3.74. The Hall–Kier alpha value is -3.91. The molecule has 44 heavy (non-hydrogen) atoms. The minimum Gasteiger partial charge on any atom is -0.475 e. The maximum Gasteiger partial charge on any atom is 0.222 e. The number of sulfone groups is 1. The first-order chi connectivity index (χ1) is 21.4. The summed E-state index contributed by atoms with van der Waals surface area (Å²) in [5.74, 6) is 0.748. The van der Waals surface area contributed by atoms with Crippen molar-refractivity contribution in [2.75, 3.05) is 26.2 Å². The van der Waals surface area contributed by atoms with Gasteiger partial charge in [-0.05, 0) is 71.5 Å². The maximum atomic E-state index is 13.9. The molecule has 3 aromatic carbocycles. The third-order valence-corrected chi connectivity index (χ3v) is 10.5. The van der Waals surface area contributed by atoms with Gasteiger partial charge in [0.2, 0.25) is 9.84 Å². The van der Waals surface area contributed by atoms with Gasteiger partial charge < -0.3 is 9.14 Å². The van der Waals surface area contributed by atoms with Crippen molar-refractivity contribution in [3.8, 4) is 5.75 Å². The van der Waals surface area contributed by atoms with Gasteiger partial charge in [-0.1, -0.05) is 87.5 Å². The van der Waals surface area contributed by atoms with Gasteiger partial charge in [-0.2, -0.15) is 0 Å². The predicted octanol–water partition coefficient (Wildman–Crippen LogP) is 7.42. The fraction of sp³-hybridized carbons (Fsp3) is 0.297. The number of ether oxygens (including phenoxy) is 1. The maximum absolute atomic E-state index is 13.9. The van der Waals surface area contributed by atoms with Crippen LogP contribution in [-0.2, 0) is 9.84 Å². The molecule has 1 aliphatic rings. The number of rotatable bonds is 10. The number of fused-ring (bicyclic) bond motifs is 1. The number of benzene rings is 3. The van der Waals surface area contributed by atoms with Crippen molar-refractivity contribution in [3.05, 3.63) is 132 Å². The van der Waals surface area contributed by atoms with Crippen molar-refractivity contribution in [2.24, 2.45) is 0 Å². The smallest absolute Gasteiger partial charge is 0.222 e. The molecule has 6 nitrogen and oxygen atoms in total. The van der Waals surface area contributed by atoms with Crippen LogP contribution < -0.4 is 4.74 Å². The number of hydrogen-bond acceptors (Lipinski definition) is 5. The first kappa shape index (κ1) is 30.1. The number of aromatic nitrogens is 1. The van der Waals surface area contributed by atoms with Crippen LogP contribution in [0.1, 0.15) is 55.8 Å². The zero-order chi connectivity index (χ0) is 30.7. The van der Waals surface area contributed by atoms with Crippen molar-refractivity contribution >= 4 is 15.4 Å². The van der Waals surface area contributed by atoms with E-state index in [1.807, 2.05) is 44.3 Å². The second-order valence-electron chi connectivity index (χ2n) is 11.8. The lowest BCUT2D eigenvalue weighted by atomic mass is 9.96. The van der Waals surface area contributed by atoms with E-state index >= 15 is 0 Å². The first-order valence-electron chi connectivity index (χ1n) is 15.6. The van der Waals surface area contributed by atoms with Gasteiger partial charge in [0.05, 0.1) is 10.9 Å². The van der Waals surface area contributed by atoms with Crippen molar-refractivity contribution in [2.45, 2.75) is 55.3 Å². The molecule has 0 N–H and O–H groups in total. The molecule has 1 aliphatic heterocycles. The Morgan fingerprint density at radius 1 is 0.727 bits per heavy atom. The highest BCUT2D eigenvalue weighted by molar-refractivity contribution is 7.91. The van der Waals surface area contributed by atoms with E-state index in [0.717, 1.165) is 43.7 Å². The first-order valence-corrected chi connectivity index (χ1v) is 17.0. The highest BCUT2D eigenvalue weighted by Gasteiger charge is 2.30. The van der Waals surface area contributed by atoms with Crippen molar-refractivity contribution < 1.29 is 13.2 Å². The Balaban J connectivity index is 1.16. The molecule has 0 amide bonds. The second-order valence-corrected chi connectivity index (χ2v) is 13.7. The van der Waals surface area contributed by atoms with Crippen LogP contribution in [0.25, 0.3) is 5.52 Å². The second kappa shape index (κ2) is 13.0. The lowest BCUT2D eigenvalue weighted by Gasteiger charge is -2.42. The summed E-state index contributed by atoms with van der Waals surface area (Å²) in [6, 6.07) is 36.3. The third kappa shape index (κ3) is 6.05. The molecule has 1 saturated heterocycles. The van der Waals surface area contributed by atoms with Crippen LogP contribution in [0, 0.1) is 0 Å². The Kier molecular flexibility index (Phi) is 8.89. The fourth-order valence-corrected chi connectivity index (χ4v) is 8.12. The van der Waals surface area contributed by atoms with Crippen molar-refractivity contribution in [1.29, 1.82) is 0 Å². The number of pyridine rings is 1. The van der Waals surface area contributed by atoms with Gasteiger partial charge >= 0.3 is 0 Å². The van der Waals surface area contributed by atoms with E-state index in [9.17, 15) is 8.42 Å². The molecule has 2 aromatic heterocycles. The van der Waals surface area contributed by atoms with Crippen molar-refractivity contribution in [1.82, 2.24) is 14.2 Å². The van der Waals surface area contributed by atoms with Crippen LogP contribution in [0.5, 0.6) is 5.75 Å². The predicted molar refractivity (Wildman–Crippen MR) is 176 cm³/mol. The number of nitrogens with zero attached hydrogens (tertiary/aromatic N) is 3. The molecule has 0 radical (unpaired) electrons. The van der Waals surface area contributed by atoms with Crippen LogP contribution in [0.2, 0.25) is 0 Å². The fourth-order valence-electron chi connectivity index (χ4n) is 6.37. The minimum absolute atomic E-state index is 0.0729. The van der Waals surface area contributed by atoms with E-state index in [4.69, 9.17) is 4.74 Å². The highest BCUT2D eigenvalue weighted by Crippen LogP contribution is 2.33. The van der Waals surface area contributed by atoms with E-state index in [0.29, 0.717) is 10.8 Å². The van der Waals surface area contributed by atoms with Gasteiger partial charge in [-0.25, -0.2) is 8.42 Å². The van der Waals surface area contributed by atoms with Crippen LogP contribution in [0.4, 0.5) is 0 Å². The molecule has 1 atom stereocenters. The summed E-state index contributed by atoms with van der Waals surface area (Å²) in [5, 5.41) is 0.338. The molecule has 0 bridgehead atoms. The topological polar surface area (TPSA) is 54.3 Å². The third-order valence-electron chi connectivity index (χ3n) is 8.64. The molecule has 3 heterocycles. The van der Waals surface area contributed by atoms with E-state index in [1.54, 1.807) is 28.7 Å². The van der Waals surface area contributed by atoms with E-state index in [1.165, 1.54) is 11.1 Å². The Labute approximate surface area is 261 Å². The van der Waals surface area contributed by atoms with Gasteiger partial charge in [0.15, 0.2) is 6.23 Å². The highest BCUT2D eigenvalue weighted by atomic mass is 32.2. The largest absolute Gasteiger partial charge is 0.475 e. The lowest BCUT2D eigenvalue weighted by molar-refractivity contribution is -0.0155. The average molecular weight is 608 g/mol. The van der Waals surface area contributed by atoms with E-state index in [2.05, 4.69) is 77.4 Å². The van der Waals surface area contributed by atoms with Crippen LogP contribution >= 0.6 is 0 Å². The SMILES string of the molecule is CCC(Oc1ccc(S(=O)(=O)c2c(C(C)C)cc3ccccn23)cc1)N1CCN(C(c2ccccc2)c2ccccc2)CC1. The molecule has 0 spiro atoms. The van der Waals surface area contributed by atoms with Crippen LogP contribution in [0.15, 0.2) is 125 Å². The summed E-state index contributed by atoms with van der Waals surface area (Å²) in [6.07, 6.45) is 2.56. The molecule has 1 fully saturated rings. The van der Waals surface area contributed by atoms with Gasteiger partial charge in [-0.3, -0.25) is 9.80 Å². The standard InChI is InChI=1S/C37H41N3O3S/c1-4-35(38-23-25-39(26-24-38)36(29-13-7-5-8-14-29)30-15-9-6-10-16-30)43-32-18-20-33(21-19-32)44(41,42)37-34(28(2)3)27-31-17-11-12-22-40(31)37/h5-22,27-28,35-36H,4,23-26H2,1-3H3. The Bertz CT molecular complexity index is 1740. The quantitative estimate of drug-likeness (QED) is 0.165. The molecule has 7 heteroatoms. The number of hydrogen-bond donors (Lipinski definition) is 0. The zero-order valence-electron chi connectivity index (χ0n) is 25.7. The van der Waals surface area contributed by atoms with E-state index in [-0.39, 0.29) is 23.1 Å². The van der Waals surface area contributed by atoms with Gasteiger partial charge in [0.25, 0.3) is 0 Å². The van der Waals surface area contributed by atoms with Crippen LogP contribution in [0.3, 0.4) is 0 Å². The van der Waals surface area contributed by atoms with Gasteiger partial charge in [0.1, 0.15) is 10.8 Å². The summed E-state index contributed by atoms with van der Waals surface area (Å²) in [6.45, 7) is 9.82. The molecule has 6 rings (SSSR count). The molecular weight excluding hydrogens is 566 g/mol. The zero-order valence-corrected chi connectivity index (χ0v) is 26.5. The molecule has 5 aromatic rings. The summed E-state index contributed by atoms with van der Waals surface area (Å²) >= 11 is 0. The summed E-state index contributed by atoms with van der Waals surface area (Å²) < 4.78 is 36.0. The molecular formula is C37H41N3O3S. The Morgan fingerprint density at radius 3 is 1.86 bits per heavy atom. The molecule has 0 aliphatic carbocycles. The minimum atomic E-state index is -3.74. The lowest BCUT2D eigenvalue weighted by Crippen LogP contribution is -2.52. The average Bonchev–Trinajstić information content (AvgIpc) is 3.47. The summed E-state index contributed by atoms with van der Waals surface area (Å²) in [5.41, 5.74) is 4.31. The van der Waals surface area contributed by atoms with Gasteiger partial charge in [0, 0.05) is 37.9 Å². The monoisotopic (exact) mass is 607 g/mol. The normalized spacial score (nSPS) is 15.7. The summed E-state index contributed by atoms with van der Waals surface area (Å²) in [4.78, 5) is 5.23. The molecule has 0 saturated carbocycles. The molecule has 228 valence electrons. The van der Waals surface area contributed by atoms with E-state index < -0.39 is 9.84 Å². The molecule has 1 unspecified atom stereocenters.